The molecule has 1 aromatic heterocycles. The third-order valence-electron chi connectivity index (χ3n) is 3.75. The Hall–Kier alpha value is -2.99. The van der Waals surface area contributed by atoms with Crippen molar-refractivity contribution in [2.24, 2.45) is 0 Å². The second-order valence-corrected chi connectivity index (χ2v) is 5.85. The number of benzene rings is 2. The predicted octanol–water partition coefficient (Wildman–Crippen LogP) is 4.39. The van der Waals surface area contributed by atoms with Crippen molar-refractivity contribution >= 4 is 40.1 Å². The predicted molar refractivity (Wildman–Crippen MR) is 99.5 cm³/mol. The number of amides is 2. The Balaban J connectivity index is 1.80. The average Bonchev–Trinajstić information content (AvgIpc) is 2.87. The van der Waals surface area contributed by atoms with Gasteiger partial charge in [0.25, 0.3) is 0 Å². The number of urea groups is 1. The molecule has 6 nitrogen and oxygen atoms in total. The number of nitrogens with zero attached hydrogens (tertiary/aromatic N) is 1. The topological polar surface area (TPSA) is 76.3 Å². The standard InChI is InChI=1S/C18H16ClN3O3/c1-3-9-22-15-8-7-12(10-16(15)25-18(22)24)20-17(23)21-14-6-4-5-13(19)11(14)2/h3-8,10H,1,9H2,2H3,(H2,20,21,23). The molecular weight excluding hydrogens is 342 g/mol. The summed E-state index contributed by atoms with van der Waals surface area (Å²) in [7, 11) is 0. The van der Waals surface area contributed by atoms with E-state index in [-0.39, 0.29) is 0 Å². The van der Waals surface area contributed by atoms with Crippen molar-refractivity contribution in [3.05, 3.63) is 70.2 Å². The summed E-state index contributed by atoms with van der Waals surface area (Å²) in [6.07, 6.45) is 1.61. The van der Waals surface area contributed by atoms with Gasteiger partial charge in [0.05, 0.1) is 5.52 Å². The van der Waals surface area contributed by atoms with Crippen molar-refractivity contribution in [2.75, 3.05) is 10.6 Å². The fourth-order valence-corrected chi connectivity index (χ4v) is 2.65. The molecule has 25 heavy (non-hydrogen) atoms. The zero-order chi connectivity index (χ0) is 18.0. The van der Waals surface area contributed by atoms with Gasteiger partial charge in [-0.3, -0.25) is 4.57 Å². The Morgan fingerprint density at radius 2 is 2.12 bits per heavy atom. The molecule has 128 valence electrons. The summed E-state index contributed by atoms with van der Waals surface area (Å²) in [4.78, 5) is 24.0. The van der Waals surface area contributed by atoms with Gasteiger partial charge in [0, 0.05) is 29.0 Å². The van der Waals surface area contributed by atoms with E-state index in [1.54, 1.807) is 42.5 Å². The molecule has 0 unspecified atom stereocenters. The molecular formula is C18H16ClN3O3. The molecule has 0 aliphatic rings. The molecule has 2 N–H and O–H groups in total. The first-order chi connectivity index (χ1) is 12.0. The van der Waals surface area contributed by atoms with Gasteiger partial charge in [0.2, 0.25) is 0 Å². The average molecular weight is 358 g/mol. The maximum Gasteiger partial charge on any atom is 0.420 e. The fourth-order valence-electron chi connectivity index (χ4n) is 2.47. The first kappa shape index (κ1) is 16.9. The van der Waals surface area contributed by atoms with Crippen molar-refractivity contribution in [3.63, 3.8) is 0 Å². The monoisotopic (exact) mass is 357 g/mol. The number of oxazole rings is 1. The van der Waals surface area contributed by atoms with Crippen LogP contribution in [0, 0.1) is 6.92 Å². The van der Waals surface area contributed by atoms with Crippen molar-refractivity contribution in [1.29, 1.82) is 0 Å². The third kappa shape index (κ3) is 3.44. The van der Waals surface area contributed by atoms with Gasteiger partial charge < -0.3 is 15.1 Å². The molecule has 3 aromatic rings. The number of halogens is 1. The molecule has 0 saturated heterocycles. The molecule has 0 saturated carbocycles. The lowest BCUT2D eigenvalue weighted by molar-refractivity contribution is 0.262. The molecule has 3 rings (SSSR count). The van der Waals surface area contributed by atoms with Crippen molar-refractivity contribution in [3.8, 4) is 0 Å². The van der Waals surface area contributed by atoms with Crippen LogP contribution in [0.1, 0.15) is 5.56 Å². The molecule has 0 atom stereocenters. The largest absolute Gasteiger partial charge is 0.420 e. The summed E-state index contributed by atoms with van der Waals surface area (Å²) in [6, 6.07) is 9.86. The first-order valence-corrected chi connectivity index (χ1v) is 7.95. The van der Waals surface area contributed by atoms with Crippen molar-refractivity contribution < 1.29 is 9.21 Å². The van der Waals surface area contributed by atoms with Gasteiger partial charge in [0.15, 0.2) is 5.58 Å². The third-order valence-corrected chi connectivity index (χ3v) is 4.16. The number of hydrogen-bond acceptors (Lipinski definition) is 3. The summed E-state index contributed by atoms with van der Waals surface area (Å²) in [6.45, 7) is 5.79. The van der Waals surface area contributed by atoms with Gasteiger partial charge in [-0.25, -0.2) is 9.59 Å². The smallest absolute Gasteiger partial charge is 0.408 e. The highest BCUT2D eigenvalue weighted by atomic mass is 35.5. The fraction of sp³-hybridized carbons (Fsp3) is 0.111. The number of anilines is 2. The number of carbonyl (C=O) groups excluding carboxylic acids is 1. The van der Waals surface area contributed by atoms with Gasteiger partial charge in [-0.2, -0.15) is 0 Å². The molecule has 2 amide bonds. The zero-order valence-corrected chi connectivity index (χ0v) is 14.3. The second kappa shape index (κ2) is 6.86. The lowest BCUT2D eigenvalue weighted by Gasteiger charge is -2.10. The number of aromatic nitrogens is 1. The molecule has 0 radical (unpaired) electrons. The van der Waals surface area contributed by atoms with Crippen LogP contribution in [0.5, 0.6) is 0 Å². The van der Waals surface area contributed by atoms with Gasteiger partial charge in [-0.1, -0.05) is 23.7 Å². The van der Waals surface area contributed by atoms with Gasteiger partial charge in [0.1, 0.15) is 0 Å². The number of fused-ring (bicyclic) bond motifs is 1. The Bertz CT molecular complexity index is 1020. The number of rotatable bonds is 4. The van der Waals surface area contributed by atoms with E-state index < -0.39 is 11.8 Å². The molecule has 0 spiro atoms. The molecule has 1 heterocycles. The van der Waals surface area contributed by atoms with E-state index >= 15 is 0 Å². The minimum Gasteiger partial charge on any atom is -0.408 e. The number of allylic oxidation sites excluding steroid dienone is 1. The summed E-state index contributed by atoms with van der Waals surface area (Å²) in [5.41, 5.74) is 2.94. The lowest BCUT2D eigenvalue weighted by atomic mass is 10.2. The van der Waals surface area contributed by atoms with E-state index in [2.05, 4.69) is 17.2 Å². The SMILES string of the molecule is C=CCn1c(=O)oc2cc(NC(=O)Nc3cccc(Cl)c3C)ccc21. The van der Waals surface area contributed by atoms with E-state index in [9.17, 15) is 9.59 Å². The van der Waals surface area contributed by atoms with Crippen LogP contribution in [-0.4, -0.2) is 10.6 Å². The maximum atomic E-state index is 12.2. The number of carbonyl (C=O) groups is 1. The minimum atomic E-state index is -0.467. The maximum absolute atomic E-state index is 12.2. The van der Waals surface area contributed by atoms with Crippen LogP contribution in [0.3, 0.4) is 0 Å². The normalized spacial score (nSPS) is 10.6. The van der Waals surface area contributed by atoms with E-state index in [1.165, 1.54) is 4.57 Å². The Kier molecular flexibility index (Phi) is 4.63. The Morgan fingerprint density at radius 1 is 1.32 bits per heavy atom. The van der Waals surface area contributed by atoms with Crippen molar-refractivity contribution in [2.45, 2.75) is 13.5 Å². The summed E-state index contributed by atoms with van der Waals surface area (Å²) >= 11 is 6.04. The van der Waals surface area contributed by atoms with E-state index in [0.717, 1.165) is 5.56 Å². The highest BCUT2D eigenvalue weighted by Gasteiger charge is 2.11. The molecule has 0 aliphatic carbocycles. The van der Waals surface area contributed by atoms with Crippen molar-refractivity contribution in [1.82, 2.24) is 4.57 Å². The Labute approximate surface area is 148 Å². The zero-order valence-electron chi connectivity index (χ0n) is 13.5. The number of nitrogens with one attached hydrogen (secondary N) is 2. The Morgan fingerprint density at radius 3 is 2.88 bits per heavy atom. The molecule has 0 aliphatic heterocycles. The van der Waals surface area contributed by atoms with Crippen LogP contribution < -0.4 is 16.4 Å². The lowest BCUT2D eigenvalue weighted by Crippen LogP contribution is -2.20. The van der Waals surface area contributed by atoms with Crippen LogP contribution >= 0.6 is 11.6 Å². The quantitative estimate of drug-likeness (QED) is 0.680. The molecule has 0 fully saturated rings. The summed E-state index contributed by atoms with van der Waals surface area (Å²) in [5.74, 6) is -0.467. The highest BCUT2D eigenvalue weighted by molar-refractivity contribution is 6.31. The molecule has 2 aromatic carbocycles. The van der Waals surface area contributed by atoms with Crippen LogP contribution in [0.15, 0.2) is 58.3 Å². The van der Waals surface area contributed by atoms with Gasteiger partial charge in [-0.15, -0.1) is 6.58 Å². The highest BCUT2D eigenvalue weighted by Crippen LogP contribution is 2.23. The van der Waals surface area contributed by atoms with Gasteiger partial charge in [-0.05, 0) is 36.8 Å². The summed E-state index contributed by atoms with van der Waals surface area (Å²) < 4.78 is 6.66. The van der Waals surface area contributed by atoms with Crippen LogP contribution in [0.4, 0.5) is 16.2 Å². The van der Waals surface area contributed by atoms with Gasteiger partial charge >= 0.3 is 11.8 Å². The van der Waals surface area contributed by atoms with Crippen LogP contribution in [0.25, 0.3) is 11.1 Å². The minimum absolute atomic E-state index is 0.354. The van der Waals surface area contributed by atoms with Crippen LogP contribution in [0.2, 0.25) is 5.02 Å². The number of hydrogen-bond donors (Lipinski definition) is 2. The first-order valence-electron chi connectivity index (χ1n) is 7.57. The van der Waals surface area contributed by atoms with E-state index in [0.29, 0.717) is 34.0 Å². The molecule has 7 heteroatoms. The van der Waals surface area contributed by atoms with E-state index in [1.807, 2.05) is 6.92 Å². The van der Waals surface area contributed by atoms with Crippen LogP contribution in [-0.2, 0) is 6.54 Å². The molecule has 0 bridgehead atoms. The second-order valence-electron chi connectivity index (χ2n) is 5.44. The summed E-state index contributed by atoms with van der Waals surface area (Å²) in [5, 5.41) is 6.02. The van der Waals surface area contributed by atoms with E-state index in [4.69, 9.17) is 16.0 Å².